The Kier molecular flexibility index (Phi) is 5.27. The summed E-state index contributed by atoms with van der Waals surface area (Å²) in [4.78, 5) is 22.8. The molecule has 0 saturated heterocycles. The molecule has 1 unspecified atom stereocenters. The maximum Gasteiger partial charge on any atom is 0.313 e. The van der Waals surface area contributed by atoms with Crippen molar-refractivity contribution in [3.8, 4) is 0 Å². The van der Waals surface area contributed by atoms with Gasteiger partial charge in [-0.05, 0) is 44.9 Å². The average molecular weight is 278 g/mol. The van der Waals surface area contributed by atoms with Gasteiger partial charge in [0.1, 0.15) is 0 Å². The van der Waals surface area contributed by atoms with Crippen LogP contribution in [0.5, 0.6) is 0 Å². The summed E-state index contributed by atoms with van der Waals surface area (Å²) in [6, 6.07) is 6.86. The number of carboxylic acid groups (broad SMARTS) is 1. The number of nitrogens with one attached hydrogen (secondary N) is 1. The van der Waals surface area contributed by atoms with Crippen LogP contribution in [0.15, 0.2) is 24.3 Å². The number of benzene rings is 1. The van der Waals surface area contributed by atoms with E-state index in [-0.39, 0.29) is 11.9 Å². The molecule has 5 heteroatoms. The van der Waals surface area contributed by atoms with E-state index in [9.17, 15) is 9.59 Å². The van der Waals surface area contributed by atoms with Gasteiger partial charge in [-0.25, -0.2) is 0 Å². The Morgan fingerprint density at radius 3 is 2.30 bits per heavy atom. The van der Waals surface area contributed by atoms with E-state index in [1.165, 1.54) is 0 Å². The Balaban J connectivity index is 2.68. The third-order valence-corrected chi connectivity index (χ3v) is 3.25. The number of carbonyl (C=O) groups is 2. The van der Waals surface area contributed by atoms with Crippen molar-refractivity contribution >= 4 is 17.6 Å². The number of carbonyl (C=O) groups excluding carboxylic acids is 1. The van der Waals surface area contributed by atoms with Crippen LogP contribution in [0.25, 0.3) is 0 Å². The second-order valence-corrected chi connectivity index (χ2v) is 5.57. The zero-order valence-corrected chi connectivity index (χ0v) is 12.1. The van der Waals surface area contributed by atoms with Gasteiger partial charge in [0.15, 0.2) is 0 Å². The molecule has 5 nitrogen and oxygen atoms in total. The normalized spacial score (nSPS) is 12.8. The molecule has 0 aliphatic heterocycles. The van der Waals surface area contributed by atoms with Gasteiger partial charge in [-0.3, -0.25) is 9.59 Å². The van der Waals surface area contributed by atoms with Crippen LogP contribution in [0.4, 0.5) is 5.69 Å². The van der Waals surface area contributed by atoms with Gasteiger partial charge >= 0.3 is 5.97 Å². The fraction of sp³-hybridized carbons (Fsp3) is 0.467. The van der Waals surface area contributed by atoms with Crippen LogP contribution in [0, 0.1) is 0 Å². The molecule has 0 fully saturated rings. The van der Waals surface area contributed by atoms with Gasteiger partial charge < -0.3 is 16.2 Å². The third kappa shape index (κ3) is 4.35. The van der Waals surface area contributed by atoms with E-state index < -0.39 is 11.4 Å². The molecule has 1 aromatic rings. The summed E-state index contributed by atoms with van der Waals surface area (Å²) >= 11 is 0. The van der Waals surface area contributed by atoms with Crippen molar-refractivity contribution in [1.82, 2.24) is 0 Å². The standard InChI is InChI=1S/C15H22N2O3/c1-10(16)4-9-13(18)17-12-7-5-11(6-8-12)15(2,3)14(19)20/h5-8,10H,4,9,16H2,1-3H3,(H,17,18)(H,19,20). The summed E-state index contributed by atoms with van der Waals surface area (Å²) < 4.78 is 0. The number of anilines is 1. The van der Waals surface area contributed by atoms with Gasteiger partial charge in [0.25, 0.3) is 0 Å². The lowest BCUT2D eigenvalue weighted by Gasteiger charge is -2.19. The summed E-state index contributed by atoms with van der Waals surface area (Å²) in [6.07, 6.45) is 1.01. The minimum Gasteiger partial charge on any atom is -0.481 e. The van der Waals surface area contributed by atoms with Crippen molar-refractivity contribution in [2.24, 2.45) is 5.73 Å². The van der Waals surface area contributed by atoms with E-state index in [0.29, 0.717) is 24.1 Å². The van der Waals surface area contributed by atoms with Crippen LogP contribution in [-0.2, 0) is 15.0 Å². The lowest BCUT2D eigenvalue weighted by atomic mass is 9.85. The molecule has 20 heavy (non-hydrogen) atoms. The summed E-state index contributed by atoms with van der Waals surface area (Å²) in [7, 11) is 0. The molecule has 0 heterocycles. The van der Waals surface area contributed by atoms with E-state index in [1.807, 2.05) is 6.92 Å². The number of amides is 1. The van der Waals surface area contributed by atoms with E-state index in [1.54, 1.807) is 38.1 Å². The van der Waals surface area contributed by atoms with Crippen molar-refractivity contribution < 1.29 is 14.7 Å². The smallest absolute Gasteiger partial charge is 0.313 e. The highest BCUT2D eigenvalue weighted by molar-refractivity contribution is 5.90. The molecule has 0 spiro atoms. The summed E-state index contributed by atoms with van der Waals surface area (Å²) in [5.74, 6) is -0.973. The number of hydrogen-bond donors (Lipinski definition) is 3. The highest BCUT2D eigenvalue weighted by Crippen LogP contribution is 2.24. The van der Waals surface area contributed by atoms with E-state index >= 15 is 0 Å². The number of carboxylic acids is 1. The Morgan fingerprint density at radius 1 is 1.30 bits per heavy atom. The summed E-state index contributed by atoms with van der Waals surface area (Å²) in [5.41, 5.74) is 6.00. The highest BCUT2D eigenvalue weighted by atomic mass is 16.4. The first-order chi connectivity index (χ1) is 9.23. The van der Waals surface area contributed by atoms with Gasteiger partial charge in [-0.1, -0.05) is 12.1 Å². The van der Waals surface area contributed by atoms with Gasteiger partial charge in [-0.2, -0.15) is 0 Å². The van der Waals surface area contributed by atoms with Gasteiger partial charge in [0.2, 0.25) is 5.91 Å². The van der Waals surface area contributed by atoms with Crippen LogP contribution >= 0.6 is 0 Å². The van der Waals surface area contributed by atoms with Gasteiger partial charge in [-0.15, -0.1) is 0 Å². The van der Waals surface area contributed by atoms with Crippen molar-refractivity contribution in [2.45, 2.75) is 45.1 Å². The lowest BCUT2D eigenvalue weighted by molar-refractivity contribution is -0.142. The first-order valence-corrected chi connectivity index (χ1v) is 6.63. The van der Waals surface area contributed by atoms with Crippen molar-refractivity contribution in [1.29, 1.82) is 0 Å². The molecule has 1 amide bonds. The molecule has 1 rings (SSSR count). The number of nitrogens with two attached hydrogens (primary N) is 1. The Hall–Kier alpha value is -1.88. The second kappa shape index (κ2) is 6.52. The van der Waals surface area contributed by atoms with Gasteiger partial charge in [0, 0.05) is 18.2 Å². The fourth-order valence-corrected chi connectivity index (χ4v) is 1.68. The maximum absolute atomic E-state index is 11.6. The molecule has 0 saturated carbocycles. The monoisotopic (exact) mass is 278 g/mol. The molecule has 0 radical (unpaired) electrons. The lowest BCUT2D eigenvalue weighted by Crippen LogP contribution is -2.28. The summed E-state index contributed by atoms with van der Waals surface area (Å²) in [6.45, 7) is 5.15. The third-order valence-electron chi connectivity index (χ3n) is 3.25. The fourth-order valence-electron chi connectivity index (χ4n) is 1.68. The molecule has 0 aliphatic carbocycles. The van der Waals surface area contributed by atoms with Crippen molar-refractivity contribution in [2.75, 3.05) is 5.32 Å². The predicted octanol–water partition coefficient (Wildman–Crippen LogP) is 2.11. The molecule has 0 aliphatic rings. The Bertz CT molecular complexity index is 478. The zero-order chi connectivity index (χ0) is 15.3. The molecular formula is C15H22N2O3. The second-order valence-electron chi connectivity index (χ2n) is 5.57. The molecule has 1 atom stereocenters. The minimum atomic E-state index is -0.947. The maximum atomic E-state index is 11.6. The Labute approximate surface area is 119 Å². The number of rotatable bonds is 6. The molecule has 4 N–H and O–H groups in total. The first-order valence-electron chi connectivity index (χ1n) is 6.63. The van der Waals surface area contributed by atoms with E-state index in [0.717, 1.165) is 0 Å². The quantitative estimate of drug-likeness (QED) is 0.743. The first kappa shape index (κ1) is 16.2. The van der Waals surface area contributed by atoms with Crippen LogP contribution in [-0.4, -0.2) is 23.0 Å². The highest BCUT2D eigenvalue weighted by Gasteiger charge is 2.29. The number of aliphatic carboxylic acids is 1. The molecular weight excluding hydrogens is 256 g/mol. The zero-order valence-electron chi connectivity index (χ0n) is 12.1. The van der Waals surface area contributed by atoms with Crippen molar-refractivity contribution in [3.63, 3.8) is 0 Å². The molecule has 0 aromatic heterocycles. The van der Waals surface area contributed by atoms with E-state index in [2.05, 4.69) is 5.32 Å². The van der Waals surface area contributed by atoms with Crippen LogP contribution in [0.2, 0.25) is 0 Å². The largest absolute Gasteiger partial charge is 0.481 e. The number of hydrogen-bond acceptors (Lipinski definition) is 3. The van der Waals surface area contributed by atoms with Gasteiger partial charge in [0.05, 0.1) is 5.41 Å². The van der Waals surface area contributed by atoms with E-state index in [4.69, 9.17) is 10.8 Å². The average Bonchev–Trinajstić information content (AvgIpc) is 2.37. The van der Waals surface area contributed by atoms with Crippen molar-refractivity contribution in [3.05, 3.63) is 29.8 Å². The van der Waals surface area contributed by atoms with Crippen LogP contribution in [0.1, 0.15) is 39.2 Å². The van der Waals surface area contributed by atoms with Crippen LogP contribution < -0.4 is 11.1 Å². The minimum absolute atomic E-state index is 0.000471. The summed E-state index contributed by atoms with van der Waals surface area (Å²) in [5, 5.41) is 11.9. The molecule has 110 valence electrons. The molecule has 0 bridgehead atoms. The molecule has 1 aromatic carbocycles. The Morgan fingerprint density at radius 2 is 1.85 bits per heavy atom. The van der Waals surface area contributed by atoms with Crippen LogP contribution in [0.3, 0.4) is 0 Å². The SMILES string of the molecule is CC(N)CCC(=O)Nc1ccc(C(C)(C)C(=O)O)cc1. The predicted molar refractivity (Wildman–Crippen MR) is 78.6 cm³/mol. The topological polar surface area (TPSA) is 92.4 Å².